The molecule has 2 aromatic carbocycles. The van der Waals surface area contributed by atoms with Crippen LogP contribution in [-0.4, -0.2) is 61.2 Å². The molecule has 0 radical (unpaired) electrons. The van der Waals surface area contributed by atoms with Crippen molar-refractivity contribution in [1.82, 2.24) is 9.80 Å². The number of hydrogen-bond acceptors (Lipinski definition) is 4. The zero-order valence-electron chi connectivity index (χ0n) is 19.2. The molecule has 0 aliphatic carbocycles. The van der Waals surface area contributed by atoms with Gasteiger partial charge in [-0.1, -0.05) is 24.3 Å². The zero-order chi connectivity index (χ0) is 22.7. The maximum absolute atomic E-state index is 13.6. The second-order valence-electron chi connectivity index (χ2n) is 9.40. The van der Waals surface area contributed by atoms with Crippen LogP contribution < -0.4 is 4.74 Å². The minimum Gasteiger partial charge on any atom is -0.491 e. The predicted molar refractivity (Wildman–Crippen MR) is 122 cm³/mol. The van der Waals surface area contributed by atoms with E-state index in [1.807, 2.05) is 43.0 Å². The molecular formula is C26H33FN2O3. The van der Waals surface area contributed by atoms with Crippen molar-refractivity contribution in [2.75, 3.05) is 33.4 Å². The molecule has 0 saturated carbocycles. The number of hydrogen-bond donors (Lipinski definition) is 0. The van der Waals surface area contributed by atoms with Gasteiger partial charge in [-0.2, -0.15) is 0 Å². The van der Waals surface area contributed by atoms with Gasteiger partial charge in [-0.3, -0.25) is 4.79 Å². The molecule has 2 fully saturated rings. The quantitative estimate of drug-likeness (QED) is 0.658. The van der Waals surface area contributed by atoms with Crippen molar-refractivity contribution in [2.24, 2.45) is 11.8 Å². The van der Waals surface area contributed by atoms with Crippen LogP contribution in [0, 0.1) is 17.7 Å². The van der Waals surface area contributed by atoms with E-state index in [-0.39, 0.29) is 35.7 Å². The summed E-state index contributed by atoms with van der Waals surface area (Å²) in [6.45, 7) is 7.63. The molecular weight excluding hydrogens is 407 g/mol. The molecule has 0 N–H and O–H groups in total. The van der Waals surface area contributed by atoms with Crippen LogP contribution in [0.5, 0.6) is 5.75 Å². The monoisotopic (exact) mass is 440 g/mol. The fraction of sp³-hybridized carbons (Fsp3) is 0.500. The number of carbonyl (C=O) groups excluding carboxylic acids is 1. The minimum absolute atomic E-state index is 0.0957. The second-order valence-corrected chi connectivity index (χ2v) is 9.40. The molecule has 32 heavy (non-hydrogen) atoms. The standard InChI is InChI=1S/C26H33FN2O3/c1-18(2)32-24-10-6-19(7-11-24)12-25(30)29(13-20-4-8-23(27)9-5-20)26-21-14-28(3)15-22(26)17-31-16-21/h4-11,18,21-22,26H,12-17H2,1-3H3. The van der Waals surface area contributed by atoms with E-state index in [4.69, 9.17) is 9.47 Å². The fourth-order valence-electron chi connectivity index (χ4n) is 5.04. The van der Waals surface area contributed by atoms with E-state index in [9.17, 15) is 9.18 Å². The molecule has 2 heterocycles. The first-order chi connectivity index (χ1) is 15.4. The summed E-state index contributed by atoms with van der Waals surface area (Å²) in [4.78, 5) is 18.0. The van der Waals surface area contributed by atoms with Gasteiger partial charge in [0.2, 0.25) is 5.91 Å². The smallest absolute Gasteiger partial charge is 0.227 e. The Morgan fingerprint density at radius 3 is 2.25 bits per heavy atom. The highest BCUT2D eigenvalue weighted by molar-refractivity contribution is 5.79. The molecule has 2 saturated heterocycles. The van der Waals surface area contributed by atoms with E-state index in [0.29, 0.717) is 26.2 Å². The maximum atomic E-state index is 13.6. The van der Waals surface area contributed by atoms with Gasteiger partial charge in [0.15, 0.2) is 0 Å². The Kier molecular flexibility index (Phi) is 7.11. The Hall–Kier alpha value is -2.44. The summed E-state index contributed by atoms with van der Waals surface area (Å²) in [7, 11) is 2.13. The highest BCUT2D eigenvalue weighted by Gasteiger charge is 2.43. The van der Waals surface area contributed by atoms with Gasteiger partial charge in [0.25, 0.3) is 0 Å². The van der Waals surface area contributed by atoms with Crippen molar-refractivity contribution in [3.8, 4) is 5.75 Å². The number of amides is 1. The third-order valence-electron chi connectivity index (χ3n) is 6.32. The topological polar surface area (TPSA) is 42.0 Å². The Labute approximate surface area is 190 Å². The number of ether oxygens (including phenoxy) is 2. The lowest BCUT2D eigenvalue weighted by Gasteiger charge is -2.50. The van der Waals surface area contributed by atoms with Crippen molar-refractivity contribution in [1.29, 1.82) is 0 Å². The maximum Gasteiger partial charge on any atom is 0.227 e. The van der Waals surface area contributed by atoms with E-state index in [2.05, 4.69) is 11.9 Å². The number of rotatable bonds is 7. The molecule has 1 amide bonds. The molecule has 2 atom stereocenters. The molecule has 172 valence electrons. The van der Waals surface area contributed by atoms with Gasteiger partial charge in [0.1, 0.15) is 11.6 Å². The average molecular weight is 441 g/mol. The summed E-state index contributed by atoms with van der Waals surface area (Å²) >= 11 is 0. The third-order valence-corrected chi connectivity index (χ3v) is 6.32. The third kappa shape index (κ3) is 5.48. The highest BCUT2D eigenvalue weighted by atomic mass is 19.1. The number of halogens is 1. The summed E-state index contributed by atoms with van der Waals surface area (Å²) < 4.78 is 25.0. The number of fused-ring (bicyclic) bond motifs is 2. The lowest BCUT2D eigenvalue weighted by Crippen LogP contribution is -2.61. The molecule has 2 aromatic rings. The van der Waals surface area contributed by atoms with Gasteiger partial charge in [-0.05, 0) is 56.3 Å². The summed E-state index contributed by atoms with van der Waals surface area (Å²) in [5, 5.41) is 0. The van der Waals surface area contributed by atoms with Gasteiger partial charge in [0, 0.05) is 37.5 Å². The van der Waals surface area contributed by atoms with Crippen LogP contribution in [0.2, 0.25) is 0 Å². The summed E-state index contributed by atoms with van der Waals surface area (Å²) in [6.07, 6.45) is 0.440. The van der Waals surface area contributed by atoms with Crippen molar-refractivity contribution in [2.45, 2.75) is 39.0 Å². The number of benzene rings is 2. The second kappa shape index (κ2) is 10.0. The SMILES string of the molecule is CC(C)Oc1ccc(CC(=O)N(Cc2ccc(F)cc2)C2C3COCC2CN(C)C3)cc1. The Balaban J connectivity index is 1.55. The van der Waals surface area contributed by atoms with E-state index in [0.717, 1.165) is 30.0 Å². The van der Waals surface area contributed by atoms with Crippen LogP contribution >= 0.6 is 0 Å². The van der Waals surface area contributed by atoms with Gasteiger partial charge >= 0.3 is 0 Å². The summed E-state index contributed by atoms with van der Waals surface area (Å²) in [5.74, 6) is 1.19. The number of piperidine rings is 1. The predicted octanol–water partition coefficient (Wildman–Crippen LogP) is 3.76. The molecule has 5 nitrogen and oxygen atoms in total. The van der Waals surface area contributed by atoms with Gasteiger partial charge in [-0.25, -0.2) is 4.39 Å². The first-order valence-corrected chi connectivity index (χ1v) is 11.4. The van der Waals surface area contributed by atoms with E-state index >= 15 is 0 Å². The molecule has 2 unspecified atom stereocenters. The number of carbonyl (C=O) groups is 1. The molecule has 6 heteroatoms. The normalized spacial score (nSPS) is 23.2. The van der Waals surface area contributed by atoms with Gasteiger partial charge < -0.3 is 19.3 Å². The van der Waals surface area contributed by atoms with Gasteiger partial charge in [0.05, 0.1) is 25.7 Å². The van der Waals surface area contributed by atoms with E-state index in [1.165, 1.54) is 12.1 Å². The first-order valence-electron chi connectivity index (χ1n) is 11.4. The van der Waals surface area contributed by atoms with Crippen LogP contribution in [0.25, 0.3) is 0 Å². The molecule has 2 bridgehead atoms. The summed E-state index contributed by atoms with van der Waals surface area (Å²) in [6, 6.07) is 14.4. The van der Waals surface area contributed by atoms with Gasteiger partial charge in [-0.15, -0.1) is 0 Å². The minimum atomic E-state index is -0.264. The highest BCUT2D eigenvalue weighted by Crippen LogP contribution is 2.32. The van der Waals surface area contributed by atoms with Crippen LogP contribution in [0.4, 0.5) is 4.39 Å². The van der Waals surface area contributed by atoms with Crippen molar-refractivity contribution in [3.05, 3.63) is 65.5 Å². The molecule has 0 aromatic heterocycles. The van der Waals surface area contributed by atoms with Crippen molar-refractivity contribution < 1.29 is 18.7 Å². The lowest BCUT2D eigenvalue weighted by atomic mass is 9.81. The van der Waals surface area contributed by atoms with Crippen LogP contribution in [0.1, 0.15) is 25.0 Å². The average Bonchev–Trinajstić information content (AvgIpc) is 2.74. The summed E-state index contributed by atoms with van der Waals surface area (Å²) in [5.41, 5.74) is 1.91. The zero-order valence-corrected chi connectivity index (χ0v) is 19.2. The fourth-order valence-corrected chi connectivity index (χ4v) is 5.04. The van der Waals surface area contributed by atoms with Crippen molar-refractivity contribution in [3.63, 3.8) is 0 Å². The largest absolute Gasteiger partial charge is 0.491 e. The van der Waals surface area contributed by atoms with Crippen LogP contribution in [0.15, 0.2) is 48.5 Å². The number of nitrogens with zero attached hydrogens (tertiary/aromatic N) is 2. The molecule has 0 spiro atoms. The van der Waals surface area contributed by atoms with Crippen LogP contribution in [-0.2, 0) is 22.5 Å². The first kappa shape index (κ1) is 22.7. The Morgan fingerprint density at radius 1 is 1.06 bits per heavy atom. The molecule has 4 rings (SSSR count). The lowest BCUT2D eigenvalue weighted by molar-refractivity contribution is -0.148. The van der Waals surface area contributed by atoms with E-state index in [1.54, 1.807) is 12.1 Å². The number of likely N-dealkylation sites (tertiary alicyclic amines) is 1. The molecule has 2 aliphatic rings. The van der Waals surface area contributed by atoms with Crippen molar-refractivity contribution >= 4 is 5.91 Å². The van der Waals surface area contributed by atoms with Crippen LogP contribution in [0.3, 0.4) is 0 Å². The van der Waals surface area contributed by atoms with E-state index < -0.39 is 0 Å². The Bertz CT molecular complexity index is 886. The Morgan fingerprint density at radius 2 is 1.66 bits per heavy atom. The molecule has 2 aliphatic heterocycles.